The largest absolute Gasteiger partial charge is 0.378 e. The number of hydrogen-bond donors (Lipinski definition) is 0. The first-order valence-corrected chi connectivity index (χ1v) is 8.50. The molecule has 8 heteroatoms. The van der Waals surface area contributed by atoms with Crippen LogP contribution in [0.2, 0.25) is 0 Å². The van der Waals surface area contributed by atoms with Crippen molar-refractivity contribution in [2.45, 2.75) is 26.1 Å². The van der Waals surface area contributed by atoms with E-state index in [4.69, 9.17) is 9.47 Å². The number of morpholine rings is 1. The molecule has 1 fully saturated rings. The molecule has 1 amide bonds. The molecule has 0 radical (unpaired) electrons. The maximum absolute atomic E-state index is 12.4. The standard InChI is InChI=1S/C12H24N2O5S/c1-10(2)19-11(9-13(3)20(4,16)17)12(15)14-5-7-18-8-6-14/h10-11H,5-9H2,1-4H3. The zero-order valence-electron chi connectivity index (χ0n) is 12.5. The Labute approximate surface area is 120 Å². The van der Waals surface area contributed by atoms with Crippen molar-refractivity contribution in [3.63, 3.8) is 0 Å². The van der Waals surface area contributed by atoms with Crippen molar-refractivity contribution >= 4 is 15.9 Å². The maximum atomic E-state index is 12.4. The molecule has 1 heterocycles. The summed E-state index contributed by atoms with van der Waals surface area (Å²) in [6.07, 6.45) is 0.171. The van der Waals surface area contributed by atoms with Crippen LogP contribution in [0.1, 0.15) is 13.8 Å². The monoisotopic (exact) mass is 308 g/mol. The molecule has 1 unspecified atom stereocenters. The molecule has 118 valence electrons. The Kier molecular flexibility index (Phi) is 6.38. The van der Waals surface area contributed by atoms with Gasteiger partial charge in [0.05, 0.1) is 25.6 Å². The quantitative estimate of drug-likeness (QED) is 0.663. The molecular weight excluding hydrogens is 284 g/mol. The Morgan fingerprint density at radius 2 is 1.90 bits per heavy atom. The summed E-state index contributed by atoms with van der Waals surface area (Å²) in [4.78, 5) is 14.1. The molecule has 1 atom stereocenters. The van der Waals surface area contributed by atoms with Gasteiger partial charge in [-0.25, -0.2) is 12.7 Å². The van der Waals surface area contributed by atoms with Crippen LogP contribution in [0, 0.1) is 0 Å². The Hall–Kier alpha value is -0.700. The molecule has 0 aliphatic carbocycles. The lowest BCUT2D eigenvalue weighted by Gasteiger charge is -2.32. The van der Waals surface area contributed by atoms with Crippen molar-refractivity contribution in [1.29, 1.82) is 0 Å². The van der Waals surface area contributed by atoms with Gasteiger partial charge in [-0.1, -0.05) is 0 Å². The predicted molar refractivity (Wildman–Crippen MR) is 74.9 cm³/mol. The van der Waals surface area contributed by atoms with Gasteiger partial charge in [-0.05, 0) is 13.8 Å². The summed E-state index contributed by atoms with van der Waals surface area (Å²) in [5.41, 5.74) is 0. The number of ether oxygens (including phenoxy) is 2. The smallest absolute Gasteiger partial charge is 0.253 e. The topological polar surface area (TPSA) is 76.2 Å². The minimum Gasteiger partial charge on any atom is -0.378 e. The molecule has 7 nitrogen and oxygen atoms in total. The fourth-order valence-corrected chi connectivity index (χ4v) is 2.27. The van der Waals surface area contributed by atoms with E-state index in [-0.39, 0.29) is 18.6 Å². The van der Waals surface area contributed by atoms with Gasteiger partial charge in [0, 0.05) is 26.7 Å². The summed E-state index contributed by atoms with van der Waals surface area (Å²) in [7, 11) is -1.90. The van der Waals surface area contributed by atoms with E-state index in [1.165, 1.54) is 7.05 Å². The van der Waals surface area contributed by atoms with Crippen LogP contribution in [0.3, 0.4) is 0 Å². The van der Waals surface area contributed by atoms with E-state index in [0.29, 0.717) is 26.3 Å². The van der Waals surface area contributed by atoms with Gasteiger partial charge in [0.25, 0.3) is 5.91 Å². The molecule has 1 rings (SSSR count). The molecule has 0 saturated carbocycles. The van der Waals surface area contributed by atoms with Crippen LogP contribution in [-0.2, 0) is 24.3 Å². The van der Waals surface area contributed by atoms with Crippen LogP contribution in [0.5, 0.6) is 0 Å². The lowest BCUT2D eigenvalue weighted by Crippen LogP contribution is -2.50. The first-order chi connectivity index (χ1) is 9.21. The third-order valence-corrected chi connectivity index (χ3v) is 4.31. The molecule has 0 spiro atoms. The van der Waals surface area contributed by atoms with Crippen molar-refractivity contribution in [2.75, 3.05) is 46.2 Å². The van der Waals surface area contributed by atoms with Crippen LogP contribution < -0.4 is 0 Å². The van der Waals surface area contributed by atoms with Gasteiger partial charge in [0.15, 0.2) is 6.10 Å². The SMILES string of the molecule is CC(C)OC(CN(C)S(C)(=O)=O)C(=O)N1CCOCC1. The van der Waals surface area contributed by atoms with Crippen LogP contribution in [0.4, 0.5) is 0 Å². The first-order valence-electron chi connectivity index (χ1n) is 6.65. The summed E-state index contributed by atoms with van der Waals surface area (Å²) in [6.45, 7) is 5.69. The van der Waals surface area contributed by atoms with Crippen LogP contribution in [-0.4, -0.2) is 81.9 Å². The van der Waals surface area contributed by atoms with Gasteiger partial charge in [-0.3, -0.25) is 4.79 Å². The van der Waals surface area contributed by atoms with Crippen molar-refractivity contribution in [1.82, 2.24) is 9.21 Å². The van der Waals surface area contributed by atoms with E-state index < -0.39 is 16.1 Å². The zero-order chi connectivity index (χ0) is 15.3. The normalized spacial score (nSPS) is 18.6. The maximum Gasteiger partial charge on any atom is 0.253 e. The third kappa shape index (κ3) is 5.35. The number of rotatable bonds is 6. The molecule has 0 N–H and O–H groups in total. The number of likely N-dealkylation sites (N-methyl/N-ethyl adjacent to an activating group) is 1. The summed E-state index contributed by atoms with van der Waals surface area (Å²) in [6, 6.07) is 0. The molecule has 20 heavy (non-hydrogen) atoms. The molecule has 0 aromatic heterocycles. The number of sulfonamides is 1. The van der Waals surface area contributed by atoms with E-state index in [1.54, 1.807) is 4.90 Å². The van der Waals surface area contributed by atoms with Gasteiger partial charge in [-0.2, -0.15) is 0 Å². The average Bonchev–Trinajstić information content (AvgIpc) is 2.36. The van der Waals surface area contributed by atoms with Crippen LogP contribution >= 0.6 is 0 Å². The summed E-state index contributed by atoms with van der Waals surface area (Å²) < 4.78 is 34.9. The second kappa shape index (κ2) is 7.35. The van der Waals surface area contributed by atoms with Crippen molar-refractivity contribution in [3.8, 4) is 0 Å². The second-order valence-electron chi connectivity index (χ2n) is 5.15. The van der Waals surface area contributed by atoms with E-state index in [9.17, 15) is 13.2 Å². The molecular formula is C12H24N2O5S. The summed E-state index contributed by atoms with van der Waals surface area (Å²) in [5.74, 6) is -0.183. The van der Waals surface area contributed by atoms with Gasteiger partial charge >= 0.3 is 0 Å². The van der Waals surface area contributed by atoms with Crippen molar-refractivity contribution < 1.29 is 22.7 Å². The van der Waals surface area contributed by atoms with Crippen LogP contribution in [0.15, 0.2) is 0 Å². The lowest BCUT2D eigenvalue weighted by molar-refractivity contribution is -0.151. The molecule has 1 saturated heterocycles. The fourth-order valence-electron chi connectivity index (χ4n) is 1.86. The number of nitrogens with zero attached hydrogens (tertiary/aromatic N) is 2. The number of amides is 1. The van der Waals surface area contributed by atoms with E-state index >= 15 is 0 Å². The number of carbonyl (C=O) groups excluding carboxylic acids is 1. The van der Waals surface area contributed by atoms with Crippen molar-refractivity contribution in [2.24, 2.45) is 0 Å². The number of carbonyl (C=O) groups is 1. The average molecular weight is 308 g/mol. The Bertz CT molecular complexity index is 418. The molecule has 0 bridgehead atoms. The zero-order valence-corrected chi connectivity index (χ0v) is 13.4. The Morgan fingerprint density at radius 1 is 1.35 bits per heavy atom. The minimum atomic E-state index is -3.34. The van der Waals surface area contributed by atoms with Gasteiger partial charge in [0.1, 0.15) is 0 Å². The number of hydrogen-bond acceptors (Lipinski definition) is 5. The lowest BCUT2D eigenvalue weighted by atomic mass is 10.2. The summed E-state index contributed by atoms with van der Waals surface area (Å²) in [5, 5.41) is 0. The van der Waals surface area contributed by atoms with Gasteiger partial charge < -0.3 is 14.4 Å². The second-order valence-corrected chi connectivity index (χ2v) is 7.24. The van der Waals surface area contributed by atoms with E-state index in [2.05, 4.69) is 0 Å². The highest BCUT2D eigenvalue weighted by molar-refractivity contribution is 7.88. The Morgan fingerprint density at radius 3 is 2.35 bits per heavy atom. The highest BCUT2D eigenvalue weighted by Gasteiger charge is 2.30. The first kappa shape index (κ1) is 17.4. The fraction of sp³-hybridized carbons (Fsp3) is 0.917. The molecule has 1 aliphatic rings. The van der Waals surface area contributed by atoms with E-state index in [0.717, 1.165) is 10.6 Å². The third-order valence-electron chi connectivity index (χ3n) is 3.02. The highest BCUT2D eigenvalue weighted by Crippen LogP contribution is 2.09. The molecule has 0 aromatic carbocycles. The predicted octanol–water partition coefficient (Wildman–Crippen LogP) is -0.470. The van der Waals surface area contributed by atoms with E-state index in [1.807, 2.05) is 13.8 Å². The summed E-state index contributed by atoms with van der Waals surface area (Å²) >= 11 is 0. The Balaban J connectivity index is 2.74. The molecule has 1 aliphatic heterocycles. The van der Waals surface area contributed by atoms with Gasteiger partial charge in [0.2, 0.25) is 10.0 Å². The molecule has 0 aromatic rings. The minimum absolute atomic E-state index is 0.0210. The van der Waals surface area contributed by atoms with Crippen molar-refractivity contribution in [3.05, 3.63) is 0 Å². The highest BCUT2D eigenvalue weighted by atomic mass is 32.2. The van der Waals surface area contributed by atoms with Crippen LogP contribution in [0.25, 0.3) is 0 Å². The van der Waals surface area contributed by atoms with Gasteiger partial charge in [-0.15, -0.1) is 0 Å².